The summed E-state index contributed by atoms with van der Waals surface area (Å²) in [4.78, 5) is 24.4. The van der Waals surface area contributed by atoms with Crippen LogP contribution in [0.4, 0.5) is 5.82 Å². The monoisotopic (exact) mass is 342 g/mol. The molecule has 25 heavy (non-hydrogen) atoms. The van der Waals surface area contributed by atoms with Crippen molar-refractivity contribution in [1.29, 1.82) is 0 Å². The molecule has 1 aliphatic carbocycles. The van der Waals surface area contributed by atoms with E-state index in [4.69, 9.17) is 0 Å². The second kappa shape index (κ2) is 6.34. The molecule has 0 bridgehead atoms. The molecule has 1 fully saturated rings. The van der Waals surface area contributed by atoms with Crippen molar-refractivity contribution < 1.29 is 9.59 Å². The predicted octanol–water partition coefficient (Wildman–Crippen LogP) is 2.01. The third-order valence-corrected chi connectivity index (χ3v) is 5.34. The summed E-state index contributed by atoms with van der Waals surface area (Å²) in [5.74, 6) is 0.331. The molecule has 1 atom stereocenters. The number of aromatic amines is 2. The summed E-state index contributed by atoms with van der Waals surface area (Å²) in [5, 5.41) is 19.7. The van der Waals surface area contributed by atoms with Gasteiger partial charge in [-0.3, -0.25) is 19.8 Å². The van der Waals surface area contributed by atoms with Crippen LogP contribution in [0.5, 0.6) is 0 Å². The molecular weight excluding hydrogens is 320 g/mol. The highest BCUT2D eigenvalue weighted by molar-refractivity contribution is 6.00. The largest absolute Gasteiger partial charge is 0.354 e. The fourth-order valence-corrected chi connectivity index (χ4v) is 4.12. The highest BCUT2D eigenvalue weighted by Crippen LogP contribution is 2.42. The lowest BCUT2D eigenvalue weighted by molar-refractivity contribution is -0.116. The minimum atomic E-state index is -0.238. The van der Waals surface area contributed by atoms with Crippen molar-refractivity contribution in [3.05, 3.63) is 28.7 Å². The number of nitrogens with zero attached hydrogens (tertiary/aromatic N) is 2. The van der Waals surface area contributed by atoms with Gasteiger partial charge in [-0.05, 0) is 12.8 Å². The molecule has 3 heterocycles. The molecule has 0 aromatic carbocycles. The van der Waals surface area contributed by atoms with E-state index in [2.05, 4.69) is 31.0 Å². The van der Waals surface area contributed by atoms with Crippen LogP contribution in [0.3, 0.4) is 0 Å². The highest BCUT2D eigenvalue weighted by atomic mass is 16.2. The third-order valence-electron chi connectivity index (χ3n) is 5.34. The van der Waals surface area contributed by atoms with Crippen molar-refractivity contribution in [3.8, 4) is 0 Å². The van der Waals surface area contributed by atoms with Crippen LogP contribution in [0.25, 0.3) is 0 Å². The molecule has 4 N–H and O–H groups in total. The molecule has 1 saturated carbocycles. The molecule has 2 aromatic rings. The Bertz CT molecular complexity index is 802. The number of nitrogens with one attached hydrogen (secondary N) is 4. The molecule has 8 heteroatoms. The van der Waals surface area contributed by atoms with Crippen LogP contribution in [0, 0.1) is 0 Å². The van der Waals surface area contributed by atoms with Gasteiger partial charge in [0.1, 0.15) is 5.69 Å². The van der Waals surface area contributed by atoms with E-state index in [1.165, 1.54) is 19.3 Å². The number of fused-ring (bicyclic) bond motifs is 1. The van der Waals surface area contributed by atoms with Crippen LogP contribution in [0.15, 0.2) is 6.20 Å². The van der Waals surface area contributed by atoms with Crippen molar-refractivity contribution in [1.82, 2.24) is 25.7 Å². The fraction of sp³-hybridized carbons (Fsp3) is 0.529. The first-order valence-corrected chi connectivity index (χ1v) is 8.82. The van der Waals surface area contributed by atoms with Crippen LogP contribution in [0.2, 0.25) is 0 Å². The van der Waals surface area contributed by atoms with Crippen LogP contribution >= 0.6 is 0 Å². The van der Waals surface area contributed by atoms with Crippen LogP contribution < -0.4 is 10.6 Å². The Balaban J connectivity index is 1.77. The van der Waals surface area contributed by atoms with Crippen LogP contribution in [0.1, 0.15) is 77.7 Å². The van der Waals surface area contributed by atoms with Gasteiger partial charge >= 0.3 is 0 Å². The maximum Gasteiger partial charge on any atom is 0.269 e. The SMILES string of the molecule is CNC(=O)c1[nH]nc2c1[C@@H](c1cn[nH]c1C1CCCCC1)CC(=O)N2. The van der Waals surface area contributed by atoms with E-state index < -0.39 is 0 Å². The summed E-state index contributed by atoms with van der Waals surface area (Å²) >= 11 is 0. The smallest absolute Gasteiger partial charge is 0.269 e. The number of carbonyl (C=O) groups excluding carboxylic acids is 2. The average molecular weight is 342 g/mol. The van der Waals surface area contributed by atoms with E-state index in [-0.39, 0.29) is 24.2 Å². The average Bonchev–Trinajstić information content (AvgIpc) is 3.28. The number of H-pyrrole nitrogens is 2. The van der Waals surface area contributed by atoms with E-state index in [0.29, 0.717) is 17.4 Å². The van der Waals surface area contributed by atoms with Crippen molar-refractivity contribution in [2.75, 3.05) is 12.4 Å². The Morgan fingerprint density at radius 2 is 2.04 bits per heavy atom. The first kappa shape index (κ1) is 15.9. The number of aromatic nitrogens is 4. The second-order valence-corrected chi connectivity index (χ2v) is 6.82. The Morgan fingerprint density at radius 3 is 2.80 bits per heavy atom. The summed E-state index contributed by atoms with van der Waals surface area (Å²) in [6.45, 7) is 0. The number of hydrogen-bond acceptors (Lipinski definition) is 4. The normalized spacial score (nSPS) is 20.8. The van der Waals surface area contributed by atoms with Gasteiger partial charge in [0.25, 0.3) is 5.91 Å². The zero-order chi connectivity index (χ0) is 17.4. The zero-order valence-corrected chi connectivity index (χ0v) is 14.2. The topological polar surface area (TPSA) is 116 Å². The van der Waals surface area contributed by atoms with Gasteiger partial charge in [0.15, 0.2) is 5.82 Å². The highest BCUT2D eigenvalue weighted by Gasteiger charge is 2.36. The van der Waals surface area contributed by atoms with Gasteiger partial charge in [0.05, 0.1) is 6.20 Å². The summed E-state index contributed by atoms with van der Waals surface area (Å²) < 4.78 is 0. The molecule has 4 rings (SSSR count). The number of hydrogen-bond donors (Lipinski definition) is 4. The maximum atomic E-state index is 12.2. The van der Waals surface area contributed by atoms with Crippen LogP contribution in [-0.4, -0.2) is 39.3 Å². The Morgan fingerprint density at radius 1 is 1.24 bits per heavy atom. The van der Waals surface area contributed by atoms with E-state index in [1.807, 2.05) is 0 Å². The summed E-state index contributed by atoms with van der Waals surface area (Å²) in [5.41, 5.74) is 3.26. The number of rotatable bonds is 3. The number of anilines is 1. The van der Waals surface area contributed by atoms with Gasteiger partial charge in [-0.25, -0.2) is 0 Å². The van der Waals surface area contributed by atoms with Crippen molar-refractivity contribution in [3.63, 3.8) is 0 Å². The third kappa shape index (κ3) is 2.71. The molecule has 2 amide bonds. The first-order chi connectivity index (χ1) is 12.2. The van der Waals surface area contributed by atoms with Crippen molar-refractivity contribution in [2.24, 2.45) is 0 Å². The van der Waals surface area contributed by atoms with Crippen LogP contribution in [-0.2, 0) is 4.79 Å². The molecule has 132 valence electrons. The molecule has 0 saturated heterocycles. The number of carbonyl (C=O) groups is 2. The first-order valence-electron chi connectivity index (χ1n) is 8.82. The Labute approximate surface area is 145 Å². The standard InChI is InChI=1S/C17H22N6O2/c1-18-17(25)15-13-10(7-12(24)20-16(13)23-22-15)11-8-19-21-14(11)9-5-3-2-4-6-9/h8-10H,2-7H2,1H3,(H,18,25)(H,19,21)(H2,20,22,23,24)/t10-/m1/s1. The van der Waals surface area contributed by atoms with Gasteiger partial charge in [-0.2, -0.15) is 10.2 Å². The van der Waals surface area contributed by atoms with Gasteiger partial charge in [-0.1, -0.05) is 19.3 Å². The maximum absolute atomic E-state index is 12.2. The molecule has 1 aliphatic heterocycles. The molecule has 8 nitrogen and oxygen atoms in total. The minimum Gasteiger partial charge on any atom is -0.354 e. The summed E-state index contributed by atoms with van der Waals surface area (Å²) in [7, 11) is 1.58. The fourth-order valence-electron chi connectivity index (χ4n) is 4.12. The molecule has 2 aliphatic rings. The second-order valence-electron chi connectivity index (χ2n) is 6.82. The van der Waals surface area contributed by atoms with Crippen molar-refractivity contribution >= 4 is 17.6 Å². The predicted molar refractivity (Wildman–Crippen MR) is 91.5 cm³/mol. The van der Waals surface area contributed by atoms with Gasteiger partial charge < -0.3 is 10.6 Å². The van der Waals surface area contributed by atoms with Crippen molar-refractivity contribution in [2.45, 2.75) is 50.4 Å². The molecule has 0 spiro atoms. The molecule has 0 unspecified atom stereocenters. The lowest BCUT2D eigenvalue weighted by atomic mass is 9.79. The quantitative estimate of drug-likeness (QED) is 0.683. The molecular formula is C17H22N6O2. The van der Waals surface area contributed by atoms with Gasteiger partial charge in [0, 0.05) is 42.1 Å². The zero-order valence-electron chi connectivity index (χ0n) is 14.2. The van der Waals surface area contributed by atoms with E-state index in [1.54, 1.807) is 13.2 Å². The lowest BCUT2D eigenvalue weighted by Gasteiger charge is -2.26. The molecule has 2 aromatic heterocycles. The molecule has 0 radical (unpaired) electrons. The van der Waals surface area contributed by atoms with E-state index >= 15 is 0 Å². The summed E-state index contributed by atoms with van der Waals surface area (Å²) in [6, 6.07) is 0. The summed E-state index contributed by atoms with van der Waals surface area (Å²) in [6.07, 6.45) is 8.07. The number of amides is 2. The lowest BCUT2D eigenvalue weighted by Crippen LogP contribution is -2.27. The van der Waals surface area contributed by atoms with E-state index in [0.717, 1.165) is 29.7 Å². The van der Waals surface area contributed by atoms with Gasteiger partial charge in [-0.15, -0.1) is 0 Å². The minimum absolute atomic E-state index is 0.0942. The van der Waals surface area contributed by atoms with Gasteiger partial charge in [0.2, 0.25) is 5.91 Å². The Hall–Kier alpha value is -2.64. The Kier molecular flexibility index (Phi) is 4.03. The van der Waals surface area contributed by atoms with E-state index in [9.17, 15) is 9.59 Å².